The summed E-state index contributed by atoms with van der Waals surface area (Å²) in [4.78, 5) is 23.9. The summed E-state index contributed by atoms with van der Waals surface area (Å²) in [6, 6.07) is 5.23. The molecule has 2 aromatic heterocycles. The first kappa shape index (κ1) is 17.1. The fourth-order valence-electron chi connectivity index (χ4n) is 2.36. The van der Waals surface area contributed by atoms with Gasteiger partial charge in [0.1, 0.15) is 0 Å². The number of aryl methyl sites for hydroxylation is 1. The van der Waals surface area contributed by atoms with E-state index in [2.05, 4.69) is 20.3 Å². The fourth-order valence-corrected chi connectivity index (χ4v) is 3.03. The number of fused-ring (bicyclic) bond motifs is 1. The van der Waals surface area contributed by atoms with Gasteiger partial charge in [-0.25, -0.2) is 4.98 Å². The number of hydrogen-bond donors (Lipinski definition) is 2. The quantitative estimate of drug-likeness (QED) is 0.659. The van der Waals surface area contributed by atoms with E-state index < -0.39 is 0 Å². The summed E-state index contributed by atoms with van der Waals surface area (Å²) in [7, 11) is 3.12. The van der Waals surface area contributed by atoms with Crippen LogP contribution >= 0.6 is 11.8 Å². The Kier molecular flexibility index (Phi) is 5.08. The molecule has 1 amide bonds. The van der Waals surface area contributed by atoms with Gasteiger partial charge in [0, 0.05) is 18.0 Å². The predicted octanol–water partition coefficient (Wildman–Crippen LogP) is 3.01. The van der Waals surface area contributed by atoms with E-state index >= 15 is 0 Å². The molecule has 0 aliphatic rings. The Morgan fingerprint density at radius 1 is 1.24 bits per heavy atom. The molecule has 0 aliphatic carbocycles. The number of carbonyl (C=O) groups is 1. The minimum absolute atomic E-state index is 0.132. The number of nitrogens with one attached hydrogen (secondary N) is 2. The van der Waals surface area contributed by atoms with Crippen LogP contribution in [-0.2, 0) is 4.79 Å². The van der Waals surface area contributed by atoms with Gasteiger partial charge in [-0.05, 0) is 24.6 Å². The van der Waals surface area contributed by atoms with Crippen molar-refractivity contribution in [2.75, 3.05) is 25.3 Å². The molecular formula is C17H18N4O3S. The zero-order valence-corrected chi connectivity index (χ0v) is 14.9. The van der Waals surface area contributed by atoms with Gasteiger partial charge in [0.05, 0.1) is 37.2 Å². The molecule has 0 spiro atoms. The van der Waals surface area contributed by atoms with Gasteiger partial charge in [0.15, 0.2) is 16.7 Å². The number of aromatic amines is 1. The van der Waals surface area contributed by atoms with Crippen molar-refractivity contribution < 1.29 is 14.3 Å². The van der Waals surface area contributed by atoms with Crippen LogP contribution in [0.15, 0.2) is 35.7 Å². The minimum atomic E-state index is -0.132. The summed E-state index contributed by atoms with van der Waals surface area (Å²) >= 11 is 1.34. The van der Waals surface area contributed by atoms with Crippen LogP contribution < -0.4 is 14.8 Å². The van der Waals surface area contributed by atoms with Gasteiger partial charge in [-0.15, -0.1) is 0 Å². The molecule has 7 nitrogen and oxygen atoms in total. The summed E-state index contributed by atoms with van der Waals surface area (Å²) in [5.41, 5.74) is 3.38. The first-order valence-electron chi connectivity index (χ1n) is 7.55. The first-order valence-corrected chi connectivity index (χ1v) is 8.54. The second-order valence-electron chi connectivity index (χ2n) is 5.30. The number of carbonyl (C=O) groups excluding carboxylic acids is 1. The van der Waals surface area contributed by atoms with Crippen molar-refractivity contribution >= 4 is 34.4 Å². The number of amides is 1. The average molecular weight is 358 g/mol. The molecule has 2 N–H and O–H groups in total. The zero-order valence-electron chi connectivity index (χ0n) is 14.1. The number of ether oxygens (including phenoxy) is 2. The summed E-state index contributed by atoms with van der Waals surface area (Å²) in [6.07, 6.45) is 3.49. The molecule has 3 aromatic rings. The highest BCUT2D eigenvalue weighted by molar-refractivity contribution is 7.99. The summed E-state index contributed by atoms with van der Waals surface area (Å²) in [6.45, 7) is 1.95. The molecule has 2 heterocycles. The highest BCUT2D eigenvalue weighted by Crippen LogP contribution is 2.30. The van der Waals surface area contributed by atoms with Crippen LogP contribution in [0.25, 0.3) is 11.0 Å². The van der Waals surface area contributed by atoms with Crippen LogP contribution in [0.3, 0.4) is 0 Å². The number of thioether (sulfide) groups is 1. The van der Waals surface area contributed by atoms with Crippen LogP contribution in [0.4, 0.5) is 5.69 Å². The van der Waals surface area contributed by atoms with E-state index in [0.29, 0.717) is 22.3 Å². The van der Waals surface area contributed by atoms with Gasteiger partial charge in [-0.2, -0.15) is 0 Å². The Morgan fingerprint density at radius 3 is 2.76 bits per heavy atom. The molecule has 0 radical (unpaired) electrons. The van der Waals surface area contributed by atoms with Gasteiger partial charge in [0.25, 0.3) is 0 Å². The largest absolute Gasteiger partial charge is 0.493 e. The first-order chi connectivity index (χ1) is 12.1. The van der Waals surface area contributed by atoms with E-state index in [1.807, 2.05) is 6.92 Å². The van der Waals surface area contributed by atoms with Crippen molar-refractivity contribution in [3.63, 3.8) is 0 Å². The number of rotatable bonds is 6. The van der Waals surface area contributed by atoms with Crippen LogP contribution in [0.2, 0.25) is 0 Å². The number of aromatic nitrogens is 3. The zero-order chi connectivity index (χ0) is 17.8. The van der Waals surface area contributed by atoms with E-state index in [1.165, 1.54) is 11.8 Å². The van der Waals surface area contributed by atoms with Crippen molar-refractivity contribution in [3.05, 3.63) is 36.2 Å². The Hall–Kier alpha value is -2.74. The maximum atomic E-state index is 12.2. The lowest BCUT2D eigenvalue weighted by atomic mass is 10.2. The number of anilines is 1. The predicted molar refractivity (Wildman–Crippen MR) is 97.5 cm³/mol. The van der Waals surface area contributed by atoms with Gasteiger partial charge < -0.3 is 19.8 Å². The highest BCUT2D eigenvalue weighted by Gasteiger charge is 2.10. The fraction of sp³-hybridized carbons (Fsp3) is 0.235. The second-order valence-corrected chi connectivity index (χ2v) is 6.27. The molecule has 0 saturated carbocycles. The lowest BCUT2D eigenvalue weighted by Gasteiger charge is -2.10. The van der Waals surface area contributed by atoms with Gasteiger partial charge in [-0.1, -0.05) is 11.8 Å². The highest BCUT2D eigenvalue weighted by atomic mass is 32.2. The van der Waals surface area contributed by atoms with Crippen LogP contribution in [0.5, 0.6) is 11.5 Å². The second kappa shape index (κ2) is 7.43. The van der Waals surface area contributed by atoms with Crippen molar-refractivity contribution in [2.24, 2.45) is 0 Å². The van der Waals surface area contributed by atoms with Crippen molar-refractivity contribution in [3.8, 4) is 11.5 Å². The van der Waals surface area contributed by atoms with E-state index in [-0.39, 0.29) is 11.7 Å². The molecule has 0 unspecified atom stereocenters. The molecule has 3 rings (SSSR count). The summed E-state index contributed by atoms with van der Waals surface area (Å²) in [5.74, 6) is 1.28. The van der Waals surface area contributed by atoms with Gasteiger partial charge in [-0.3, -0.25) is 9.78 Å². The summed E-state index contributed by atoms with van der Waals surface area (Å²) < 4.78 is 10.4. The lowest BCUT2D eigenvalue weighted by molar-refractivity contribution is -0.113. The topological polar surface area (TPSA) is 89.1 Å². The molecule has 0 aliphatic heterocycles. The number of imidazole rings is 1. The molecule has 130 valence electrons. The third-order valence-electron chi connectivity index (χ3n) is 3.56. The molecule has 0 bridgehead atoms. The molecule has 0 saturated heterocycles. The van der Waals surface area contributed by atoms with Crippen LogP contribution in [-0.4, -0.2) is 40.8 Å². The number of pyridine rings is 1. The van der Waals surface area contributed by atoms with Gasteiger partial charge >= 0.3 is 0 Å². The number of hydrogen-bond acceptors (Lipinski definition) is 6. The molecule has 25 heavy (non-hydrogen) atoms. The number of H-pyrrole nitrogens is 1. The molecular weight excluding hydrogens is 340 g/mol. The van der Waals surface area contributed by atoms with Crippen molar-refractivity contribution in [2.45, 2.75) is 12.1 Å². The Balaban J connectivity index is 1.63. The smallest absolute Gasteiger partial charge is 0.234 e. The maximum absolute atomic E-state index is 12.2. The third kappa shape index (κ3) is 3.85. The Labute approximate surface area is 149 Å². The van der Waals surface area contributed by atoms with Gasteiger partial charge in [0.2, 0.25) is 5.91 Å². The molecule has 1 aromatic carbocycles. The third-order valence-corrected chi connectivity index (χ3v) is 4.44. The average Bonchev–Trinajstić information content (AvgIpc) is 3.04. The standard InChI is InChI=1S/C17H18N4O3S/c1-10-7-18-8-12-16(10)21-17(20-12)25-9-15(22)19-11-4-5-13(23-2)14(6-11)24-3/h4-8H,9H2,1-3H3,(H,19,22)(H,20,21). The van der Waals surface area contributed by atoms with E-state index in [0.717, 1.165) is 16.6 Å². The minimum Gasteiger partial charge on any atom is -0.493 e. The SMILES string of the molecule is COc1ccc(NC(=O)CSc2nc3c(C)cncc3[nH]2)cc1OC. The van der Waals surface area contributed by atoms with Crippen LogP contribution in [0.1, 0.15) is 5.56 Å². The molecule has 0 fully saturated rings. The summed E-state index contributed by atoms with van der Waals surface area (Å²) in [5, 5.41) is 3.52. The van der Waals surface area contributed by atoms with E-state index in [9.17, 15) is 4.79 Å². The van der Waals surface area contributed by atoms with Crippen LogP contribution in [0, 0.1) is 6.92 Å². The number of nitrogens with zero attached hydrogens (tertiary/aromatic N) is 2. The number of benzene rings is 1. The van der Waals surface area contributed by atoms with E-state index in [4.69, 9.17) is 9.47 Å². The Bertz CT molecular complexity index is 910. The Morgan fingerprint density at radius 2 is 2.04 bits per heavy atom. The van der Waals surface area contributed by atoms with Crippen molar-refractivity contribution in [1.82, 2.24) is 15.0 Å². The monoisotopic (exact) mass is 358 g/mol. The van der Waals surface area contributed by atoms with E-state index in [1.54, 1.807) is 44.8 Å². The van der Waals surface area contributed by atoms with Crippen molar-refractivity contribution in [1.29, 1.82) is 0 Å². The molecule has 0 atom stereocenters. The lowest BCUT2D eigenvalue weighted by Crippen LogP contribution is -2.14. The number of methoxy groups -OCH3 is 2. The maximum Gasteiger partial charge on any atom is 0.234 e. The molecule has 8 heteroatoms. The normalized spacial score (nSPS) is 10.7.